The molecule has 2 amide bonds. The van der Waals surface area contributed by atoms with Crippen molar-refractivity contribution in [1.82, 2.24) is 9.55 Å². The fourth-order valence-corrected chi connectivity index (χ4v) is 2.18. The van der Waals surface area contributed by atoms with Gasteiger partial charge < -0.3 is 16.0 Å². The maximum Gasteiger partial charge on any atom is 0.325 e. The summed E-state index contributed by atoms with van der Waals surface area (Å²) in [5.74, 6) is -0.900. The smallest absolute Gasteiger partial charge is 0.325 e. The summed E-state index contributed by atoms with van der Waals surface area (Å²) in [7, 11) is 0. The molecular weight excluding hydrogens is 284 g/mol. The number of anilines is 1. The SMILES string of the molecule is Cc1[nH]c(=O)n(CCC(=O)Nc2ccccc2C(N)=O)c1C. The monoisotopic (exact) mass is 302 g/mol. The van der Waals surface area contributed by atoms with Crippen LogP contribution in [0.5, 0.6) is 0 Å². The van der Waals surface area contributed by atoms with Crippen molar-refractivity contribution >= 4 is 17.5 Å². The van der Waals surface area contributed by atoms with Gasteiger partial charge in [0.15, 0.2) is 0 Å². The van der Waals surface area contributed by atoms with Gasteiger partial charge in [0.2, 0.25) is 5.91 Å². The average molecular weight is 302 g/mol. The molecule has 0 aliphatic rings. The first-order valence-electron chi connectivity index (χ1n) is 6.85. The summed E-state index contributed by atoms with van der Waals surface area (Å²) in [6.45, 7) is 3.88. The van der Waals surface area contributed by atoms with Gasteiger partial charge in [0.05, 0.1) is 11.3 Å². The first-order valence-corrected chi connectivity index (χ1v) is 6.85. The second kappa shape index (κ2) is 6.30. The van der Waals surface area contributed by atoms with Gasteiger partial charge in [0.1, 0.15) is 0 Å². The molecule has 0 unspecified atom stereocenters. The Hall–Kier alpha value is -2.83. The molecular formula is C15H18N4O3. The number of nitrogens with one attached hydrogen (secondary N) is 2. The first kappa shape index (κ1) is 15.6. The van der Waals surface area contributed by atoms with Gasteiger partial charge in [-0.3, -0.25) is 14.2 Å². The Morgan fingerprint density at radius 3 is 2.55 bits per heavy atom. The van der Waals surface area contributed by atoms with Crippen LogP contribution in [0.25, 0.3) is 0 Å². The Morgan fingerprint density at radius 2 is 1.95 bits per heavy atom. The standard InChI is InChI=1S/C15H18N4O3/c1-9-10(2)19(15(22)17-9)8-7-13(20)18-12-6-4-3-5-11(12)14(16)21/h3-6H,7-8H2,1-2H3,(H2,16,21)(H,17,22)(H,18,20). The van der Waals surface area contributed by atoms with Gasteiger partial charge in [-0.1, -0.05) is 12.1 Å². The second-order valence-electron chi connectivity index (χ2n) is 5.00. The number of H-pyrrole nitrogens is 1. The van der Waals surface area contributed by atoms with E-state index >= 15 is 0 Å². The summed E-state index contributed by atoms with van der Waals surface area (Å²) < 4.78 is 1.51. The van der Waals surface area contributed by atoms with E-state index in [0.717, 1.165) is 11.4 Å². The van der Waals surface area contributed by atoms with Crippen molar-refractivity contribution in [3.8, 4) is 0 Å². The third kappa shape index (κ3) is 3.25. The lowest BCUT2D eigenvalue weighted by molar-refractivity contribution is -0.116. The molecule has 2 rings (SSSR count). The lowest BCUT2D eigenvalue weighted by Crippen LogP contribution is -2.23. The number of aromatic nitrogens is 2. The summed E-state index contributed by atoms with van der Waals surface area (Å²) in [6, 6.07) is 6.52. The third-order valence-electron chi connectivity index (χ3n) is 3.52. The predicted octanol–water partition coefficient (Wildman–Crippen LogP) is 0.921. The highest BCUT2D eigenvalue weighted by atomic mass is 16.2. The van der Waals surface area contributed by atoms with E-state index in [4.69, 9.17) is 5.73 Å². The molecule has 1 heterocycles. The zero-order chi connectivity index (χ0) is 16.3. The average Bonchev–Trinajstić information content (AvgIpc) is 2.70. The quantitative estimate of drug-likeness (QED) is 0.763. The van der Waals surface area contributed by atoms with Crippen LogP contribution in [0.2, 0.25) is 0 Å². The maximum atomic E-state index is 12.0. The van der Waals surface area contributed by atoms with E-state index in [1.54, 1.807) is 31.2 Å². The highest BCUT2D eigenvalue weighted by Gasteiger charge is 2.12. The van der Waals surface area contributed by atoms with Crippen LogP contribution < -0.4 is 16.7 Å². The molecule has 1 aromatic heterocycles. The van der Waals surface area contributed by atoms with E-state index in [-0.39, 0.29) is 30.1 Å². The number of benzene rings is 1. The molecule has 116 valence electrons. The number of carbonyl (C=O) groups is 2. The van der Waals surface area contributed by atoms with E-state index in [1.165, 1.54) is 4.57 Å². The number of nitrogens with two attached hydrogens (primary N) is 1. The van der Waals surface area contributed by atoms with E-state index in [0.29, 0.717) is 5.69 Å². The van der Waals surface area contributed by atoms with Gasteiger partial charge in [-0.05, 0) is 26.0 Å². The van der Waals surface area contributed by atoms with Gasteiger partial charge >= 0.3 is 5.69 Å². The zero-order valence-electron chi connectivity index (χ0n) is 12.5. The third-order valence-corrected chi connectivity index (χ3v) is 3.52. The molecule has 22 heavy (non-hydrogen) atoms. The number of hydrogen-bond acceptors (Lipinski definition) is 3. The van der Waals surface area contributed by atoms with Crippen LogP contribution in [0.4, 0.5) is 5.69 Å². The Kier molecular flexibility index (Phi) is 4.45. The van der Waals surface area contributed by atoms with Crippen molar-refractivity contribution in [3.63, 3.8) is 0 Å². The van der Waals surface area contributed by atoms with Gasteiger partial charge in [-0.15, -0.1) is 0 Å². The topological polar surface area (TPSA) is 110 Å². The number of imidazole rings is 1. The fourth-order valence-electron chi connectivity index (χ4n) is 2.18. The predicted molar refractivity (Wildman–Crippen MR) is 82.7 cm³/mol. The summed E-state index contributed by atoms with van der Waals surface area (Å²) >= 11 is 0. The van der Waals surface area contributed by atoms with Crippen molar-refractivity contribution in [1.29, 1.82) is 0 Å². The minimum absolute atomic E-state index is 0.116. The van der Waals surface area contributed by atoms with Crippen LogP contribution >= 0.6 is 0 Å². The number of carbonyl (C=O) groups excluding carboxylic acids is 2. The molecule has 7 heteroatoms. The molecule has 0 atom stereocenters. The Balaban J connectivity index is 2.05. The zero-order valence-corrected chi connectivity index (χ0v) is 12.5. The molecule has 2 aromatic rings. The van der Waals surface area contributed by atoms with Crippen LogP contribution in [-0.4, -0.2) is 21.4 Å². The van der Waals surface area contributed by atoms with Crippen LogP contribution in [0.3, 0.4) is 0 Å². The van der Waals surface area contributed by atoms with Gasteiger partial charge in [-0.2, -0.15) is 0 Å². The molecule has 0 saturated carbocycles. The van der Waals surface area contributed by atoms with Crippen LogP contribution in [-0.2, 0) is 11.3 Å². The van der Waals surface area contributed by atoms with E-state index in [9.17, 15) is 14.4 Å². The number of nitrogens with zero attached hydrogens (tertiary/aromatic N) is 1. The minimum atomic E-state index is -0.607. The lowest BCUT2D eigenvalue weighted by atomic mass is 10.1. The molecule has 1 aromatic carbocycles. The van der Waals surface area contributed by atoms with E-state index in [2.05, 4.69) is 10.3 Å². The molecule has 0 fully saturated rings. The van der Waals surface area contributed by atoms with Crippen molar-refractivity contribution in [2.75, 3.05) is 5.32 Å². The molecule has 0 bridgehead atoms. The summed E-state index contributed by atoms with van der Waals surface area (Å²) in [6.07, 6.45) is 0.116. The van der Waals surface area contributed by atoms with Gasteiger partial charge in [0, 0.05) is 24.4 Å². The summed E-state index contributed by atoms with van der Waals surface area (Å²) in [5.41, 5.74) is 7.23. The molecule has 0 radical (unpaired) electrons. The van der Waals surface area contributed by atoms with E-state index < -0.39 is 5.91 Å². The fraction of sp³-hybridized carbons (Fsp3) is 0.267. The highest BCUT2D eigenvalue weighted by molar-refractivity contribution is 6.02. The first-order chi connectivity index (χ1) is 10.4. The van der Waals surface area contributed by atoms with Crippen LogP contribution in [0.15, 0.2) is 29.1 Å². The molecule has 0 saturated heterocycles. The number of primary amides is 1. The Bertz CT molecular complexity index is 773. The lowest BCUT2D eigenvalue weighted by Gasteiger charge is -2.09. The van der Waals surface area contributed by atoms with Crippen molar-refractivity contribution in [2.45, 2.75) is 26.8 Å². The molecule has 0 aliphatic carbocycles. The summed E-state index contributed by atoms with van der Waals surface area (Å²) in [4.78, 5) is 37.7. The molecule has 0 spiro atoms. The number of amides is 2. The van der Waals surface area contributed by atoms with Crippen molar-refractivity contribution < 1.29 is 9.59 Å². The molecule has 4 N–H and O–H groups in total. The Morgan fingerprint density at radius 1 is 1.27 bits per heavy atom. The second-order valence-corrected chi connectivity index (χ2v) is 5.00. The number of aromatic amines is 1. The number of hydrogen-bond donors (Lipinski definition) is 3. The molecule has 7 nitrogen and oxygen atoms in total. The largest absolute Gasteiger partial charge is 0.366 e. The van der Waals surface area contributed by atoms with Crippen LogP contribution in [0, 0.1) is 13.8 Å². The van der Waals surface area contributed by atoms with Gasteiger partial charge in [-0.25, -0.2) is 4.79 Å². The van der Waals surface area contributed by atoms with Crippen molar-refractivity contribution in [2.24, 2.45) is 5.73 Å². The number of para-hydroxylation sites is 1. The Labute approximate surface area is 127 Å². The highest BCUT2D eigenvalue weighted by Crippen LogP contribution is 2.14. The number of rotatable bonds is 5. The van der Waals surface area contributed by atoms with Crippen LogP contribution in [0.1, 0.15) is 28.2 Å². The maximum absolute atomic E-state index is 12.0. The van der Waals surface area contributed by atoms with Gasteiger partial charge in [0.25, 0.3) is 5.91 Å². The minimum Gasteiger partial charge on any atom is -0.366 e. The molecule has 0 aliphatic heterocycles. The normalized spacial score (nSPS) is 10.5. The van der Waals surface area contributed by atoms with Crippen molar-refractivity contribution in [3.05, 3.63) is 51.7 Å². The summed E-state index contributed by atoms with van der Waals surface area (Å²) in [5, 5.41) is 2.64. The number of aryl methyl sites for hydroxylation is 1. The van der Waals surface area contributed by atoms with E-state index in [1.807, 2.05) is 6.92 Å².